The Bertz CT molecular complexity index is 867. The van der Waals surface area contributed by atoms with Crippen LogP contribution < -0.4 is 21.8 Å². The molecule has 0 saturated carbocycles. The maximum atomic E-state index is 12.1. The average molecular weight is 315 g/mol. The van der Waals surface area contributed by atoms with Gasteiger partial charge in [0.2, 0.25) is 0 Å². The molecule has 23 heavy (non-hydrogen) atoms. The summed E-state index contributed by atoms with van der Waals surface area (Å²) in [4.78, 5) is 41.7. The summed E-state index contributed by atoms with van der Waals surface area (Å²) in [5.41, 5.74) is -0.0968. The van der Waals surface area contributed by atoms with Crippen molar-refractivity contribution < 1.29 is 4.79 Å². The van der Waals surface area contributed by atoms with Gasteiger partial charge in [-0.05, 0) is 24.6 Å². The molecule has 0 aliphatic carbocycles. The lowest BCUT2D eigenvalue weighted by Crippen LogP contribution is -2.30. The van der Waals surface area contributed by atoms with Gasteiger partial charge in [0, 0.05) is 31.1 Å². The van der Waals surface area contributed by atoms with Crippen molar-refractivity contribution in [2.75, 3.05) is 19.8 Å². The number of nitrogens with one attached hydrogen (secondary N) is 4. The van der Waals surface area contributed by atoms with Crippen molar-refractivity contribution in [3.63, 3.8) is 0 Å². The van der Waals surface area contributed by atoms with Gasteiger partial charge < -0.3 is 25.5 Å². The van der Waals surface area contributed by atoms with E-state index >= 15 is 0 Å². The van der Waals surface area contributed by atoms with Crippen LogP contribution in [0.5, 0.6) is 0 Å². The molecule has 1 aromatic carbocycles. The number of carbonyl (C=O) groups is 1. The normalized spacial score (nSPS) is 13.3. The molecule has 0 saturated heterocycles. The summed E-state index contributed by atoms with van der Waals surface area (Å²) < 4.78 is 0. The smallest absolute Gasteiger partial charge is 0.314 e. The summed E-state index contributed by atoms with van der Waals surface area (Å²) in [6.07, 6.45) is 4.69. The average Bonchev–Trinajstić information content (AvgIpc) is 3.05. The van der Waals surface area contributed by atoms with Crippen LogP contribution >= 0.6 is 0 Å². The third-order valence-corrected chi connectivity index (χ3v) is 3.59. The van der Waals surface area contributed by atoms with Crippen LogP contribution in [-0.4, -0.2) is 40.5 Å². The quantitative estimate of drug-likeness (QED) is 0.446. The molecule has 0 radical (unpaired) electrons. The Balaban J connectivity index is 1.61. The number of nitrogens with zero attached hydrogens (tertiary/aromatic N) is 1. The number of aromatic amines is 2. The first-order valence-electron chi connectivity index (χ1n) is 7.32. The van der Waals surface area contributed by atoms with Crippen LogP contribution in [-0.2, 0) is 0 Å². The minimum absolute atomic E-state index is 0.214. The number of rotatable bonds is 5. The van der Waals surface area contributed by atoms with E-state index in [-0.39, 0.29) is 5.91 Å². The molecule has 8 nitrogen and oxygen atoms in total. The van der Waals surface area contributed by atoms with Gasteiger partial charge >= 0.3 is 11.1 Å². The van der Waals surface area contributed by atoms with Gasteiger partial charge in [0.1, 0.15) is 0 Å². The second-order valence-corrected chi connectivity index (χ2v) is 5.27. The van der Waals surface area contributed by atoms with Crippen molar-refractivity contribution in [2.45, 2.75) is 6.42 Å². The highest BCUT2D eigenvalue weighted by molar-refractivity contribution is 5.97. The Kier molecular flexibility index (Phi) is 4.13. The van der Waals surface area contributed by atoms with Gasteiger partial charge in [-0.15, -0.1) is 0 Å². The van der Waals surface area contributed by atoms with E-state index in [9.17, 15) is 14.4 Å². The van der Waals surface area contributed by atoms with Crippen molar-refractivity contribution in [1.29, 1.82) is 0 Å². The number of hydrogen-bond donors (Lipinski definition) is 4. The highest BCUT2D eigenvalue weighted by Crippen LogP contribution is 2.09. The summed E-state index contributed by atoms with van der Waals surface area (Å²) in [6, 6.07) is 4.76. The molecule has 0 bridgehead atoms. The lowest BCUT2D eigenvalue weighted by Gasteiger charge is -2.14. The molecule has 1 aliphatic heterocycles. The summed E-state index contributed by atoms with van der Waals surface area (Å²) in [7, 11) is 0. The molecule has 4 N–H and O–H groups in total. The lowest BCUT2D eigenvalue weighted by atomic mass is 10.2. The van der Waals surface area contributed by atoms with E-state index in [2.05, 4.69) is 25.5 Å². The van der Waals surface area contributed by atoms with Gasteiger partial charge in [-0.2, -0.15) is 0 Å². The molecule has 120 valence electrons. The van der Waals surface area contributed by atoms with Crippen LogP contribution in [0.25, 0.3) is 11.0 Å². The number of amides is 1. The summed E-state index contributed by atoms with van der Waals surface area (Å²) in [5, 5.41) is 5.92. The van der Waals surface area contributed by atoms with Crippen LogP contribution in [0.1, 0.15) is 16.8 Å². The van der Waals surface area contributed by atoms with Crippen molar-refractivity contribution in [3.8, 4) is 0 Å². The predicted molar refractivity (Wildman–Crippen MR) is 86.0 cm³/mol. The fraction of sp³-hybridized carbons (Fsp3) is 0.267. The topological polar surface area (TPSA) is 110 Å². The van der Waals surface area contributed by atoms with Crippen LogP contribution in [0.2, 0.25) is 0 Å². The summed E-state index contributed by atoms with van der Waals surface area (Å²) in [6.45, 7) is 2.21. The Morgan fingerprint density at radius 1 is 1.17 bits per heavy atom. The molecule has 8 heteroatoms. The Labute approximate surface area is 131 Å². The molecular formula is C15H17N5O3. The molecule has 2 aromatic rings. The Morgan fingerprint density at radius 2 is 1.96 bits per heavy atom. The molecule has 0 unspecified atom stereocenters. The van der Waals surface area contributed by atoms with E-state index < -0.39 is 11.1 Å². The van der Waals surface area contributed by atoms with Gasteiger partial charge in [-0.1, -0.05) is 0 Å². The second kappa shape index (κ2) is 6.39. The standard InChI is InChI=1S/C15H17N5O3/c21-13(17-4-1-6-20-7-5-16-9-20)10-2-3-11-12(8-10)19-15(23)14(22)18-11/h2-3,5,7-8,16H,1,4,6,9H2,(H,17,21)(H,18,22)(H,19,23). The summed E-state index contributed by atoms with van der Waals surface area (Å²) in [5.74, 6) is -0.214. The Morgan fingerprint density at radius 3 is 2.70 bits per heavy atom. The molecule has 3 rings (SSSR count). The van der Waals surface area contributed by atoms with E-state index in [4.69, 9.17) is 0 Å². The number of H-pyrrole nitrogens is 2. The van der Waals surface area contributed by atoms with Crippen molar-refractivity contribution in [2.24, 2.45) is 0 Å². The molecule has 2 heterocycles. The van der Waals surface area contributed by atoms with E-state index in [1.165, 1.54) is 0 Å². The third-order valence-electron chi connectivity index (χ3n) is 3.59. The molecule has 1 aromatic heterocycles. The second-order valence-electron chi connectivity index (χ2n) is 5.27. The zero-order valence-electron chi connectivity index (χ0n) is 12.4. The van der Waals surface area contributed by atoms with Crippen LogP contribution in [0, 0.1) is 0 Å². The zero-order chi connectivity index (χ0) is 16.2. The van der Waals surface area contributed by atoms with Gasteiger partial charge in [0.25, 0.3) is 5.91 Å². The Hall–Kier alpha value is -3.03. The van der Waals surface area contributed by atoms with Crippen LogP contribution in [0.15, 0.2) is 40.2 Å². The van der Waals surface area contributed by atoms with Gasteiger partial charge in [0.15, 0.2) is 0 Å². The first-order chi connectivity index (χ1) is 11.1. The number of benzene rings is 1. The van der Waals surface area contributed by atoms with Gasteiger partial charge in [-0.25, -0.2) is 0 Å². The van der Waals surface area contributed by atoms with Crippen LogP contribution in [0.4, 0.5) is 0 Å². The molecule has 0 spiro atoms. The van der Waals surface area contributed by atoms with Gasteiger partial charge in [0.05, 0.1) is 17.7 Å². The lowest BCUT2D eigenvalue weighted by molar-refractivity contribution is 0.0952. The molecule has 1 aliphatic rings. The van der Waals surface area contributed by atoms with E-state index in [0.29, 0.717) is 23.1 Å². The fourth-order valence-corrected chi connectivity index (χ4v) is 2.38. The highest BCUT2D eigenvalue weighted by atomic mass is 16.2. The summed E-state index contributed by atoms with van der Waals surface area (Å²) >= 11 is 0. The van der Waals surface area contributed by atoms with Gasteiger partial charge in [-0.3, -0.25) is 14.4 Å². The maximum absolute atomic E-state index is 12.1. The van der Waals surface area contributed by atoms with E-state index in [1.807, 2.05) is 12.4 Å². The highest BCUT2D eigenvalue weighted by Gasteiger charge is 2.08. The van der Waals surface area contributed by atoms with Crippen molar-refractivity contribution in [3.05, 3.63) is 56.9 Å². The monoisotopic (exact) mass is 315 g/mol. The van der Waals surface area contributed by atoms with E-state index in [0.717, 1.165) is 19.6 Å². The SMILES string of the molecule is O=C(NCCCN1C=CNC1)c1ccc2[nH]c(=O)c(=O)[nH]c2c1. The largest absolute Gasteiger partial charge is 0.373 e. The minimum Gasteiger partial charge on any atom is -0.373 e. The fourth-order valence-electron chi connectivity index (χ4n) is 2.38. The van der Waals surface area contributed by atoms with Crippen molar-refractivity contribution >= 4 is 16.9 Å². The van der Waals surface area contributed by atoms with E-state index in [1.54, 1.807) is 18.2 Å². The number of carbonyl (C=O) groups excluding carboxylic acids is 1. The zero-order valence-corrected chi connectivity index (χ0v) is 12.4. The minimum atomic E-state index is -0.734. The number of aromatic nitrogens is 2. The number of hydrogen-bond acceptors (Lipinski definition) is 5. The first kappa shape index (κ1) is 14.9. The predicted octanol–water partition coefficient (Wildman–Crippen LogP) is -0.330. The maximum Gasteiger partial charge on any atom is 0.314 e. The number of fused-ring (bicyclic) bond motifs is 1. The third kappa shape index (κ3) is 3.42. The molecular weight excluding hydrogens is 298 g/mol. The first-order valence-corrected chi connectivity index (χ1v) is 7.32. The molecule has 0 atom stereocenters. The molecule has 1 amide bonds. The molecule has 0 fully saturated rings. The van der Waals surface area contributed by atoms with Crippen LogP contribution in [0.3, 0.4) is 0 Å². The van der Waals surface area contributed by atoms with Crippen molar-refractivity contribution in [1.82, 2.24) is 25.5 Å².